The smallest absolute Gasteiger partial charge is 0.0428 e. The quantitative estimate of drug-likeness (QED) is 0.447. The molecule has 1 aliphatic heterocycles. The van der Waals surface area contributed by atoms with Crippen molar-refractivity contribution < 1.29 is 1.37 Å². The van der Waals surface area contributed by atoms with Crippen molar-refractivity contribution in [2.24, 2.45) is 5.92 Å². The second-order valence-corrected chi connectivity index (χ2v) is 2.21. The molecular weight excluding hydrogens is 74.1 g/mol. The summed E-state index contributed by atoms with van der Waals surface area (Å²) in [5.74, 6) is 0.891. The second kappa shape index (κ2) is 0.784. The lowest BCUT2D eigenvalue weighted by Gasteiger charge is -1.86. The van der Waals surface area contributed by atoms with E-state index in [2.05, 4.69) is 5.32 Å². The van der Waals surface area contributed by atoms with E-state index < -0.39 is 0 Å². The van der Waals surface area contributed by atoms with Crippen molar-refractivity contribution in [2.75, 3.05) is 6.52 Å². The maximum atomic E-state index is 7.18. The molecule has 2 rings (SSSR count). The maximum absolute atomic E-state index is 7.18. The molecule has 2 aliphatic rings. The molecule has 34 valence electrons. The Balaban J connectivity index is 2.02. The first kappa shape index (κ1) is 2.31. The summed E-state index contributed by atoms with van der Waals surface area (Å²) in [7, 11) is 0. The lowest BCUT2D eigenvalue weighted by molar-refractivity contribution is 0.741. The first-order valence-electron chi connectivity index (χ1n) is 3.12. The number of piperidine rings is 1. The Kier molecular flexibility index (Phi) is 0.302. The highest BCUT2D eigenvalue weighted by Gasteiger charge is 2.40. The molecular formula is C5H9N. The molecule has 0 aromatic rings. The second-order valence-electron chi connectivity index (χ2n) is 2.21. The van der Waals surface area contributed by atoms with E-state index >= 15 is 0 Å². The lowest BCUT2D eigenvalue weighted by Crippen LogP contribution is -2.10. The van der Waals surface area contributed by atoms with Crippen LogP contribution in [0.2, 0.25) is 0 Å². The summed E-state index contributed by atoms with van der Waals surface area (Å²) in [4.78, 5) is 0. The lowest BCUT2D eigenvalue weighted by atomic mass is 10.3. The zero-order valence-electron chi connectivity index (χ0n) is 4.65. The molecule has 2 fully saturated rings. The van der Waals surface area contributed by atoms with Gasteiger partial charge >= 0.3 is 0 Å². The van der Waals surface area contributed by atoms with Crippen LogP contribution in [-0.4, -0.2) is 12.6 Å². The summed E-state index contributed by atoms with van der Waals surface area (Å²) in [6.07, 6.45) is 2.44. The topological polar surface area (TPSA) is 12.0 Å². The van der Waals surface area contributed by atoms with E-state index in [1.807, 2.05) is 0 Å². The Morgan fingerprint density at radius 2 is 2.83 bits per heavy atom. The summed E-state index contributed by atoms with van der Waals surface area (Å²) in [5, 5.41) is 3.16. The number of nitrogens with one attached hydrogen (secondary N) is 1. The first-order chi connectivity index (χ1) is 3.36. The van der Waals surface area contributed by atoms with E-state index in [9.17, 15) is 0 Å². The predicted octanol–water partition coefficient (Wildman–Crippen LogP) is 0.368. The molecule has 0 radical (unpaired) electrons. The van der Waals surface area contributed by atoms with Gasteiger partial charge in [-0.1, -0.05) is 0 Å². The molecule has 1 heterocycles. The highest BCUT2D eigenvalue weighted by Crippen LogP contribution is 2.37. The van der Waals surface area contributed by atoms with Gasteiger partial charge in [0.2, 0.25) is 0 Å². The number of rotatable bonds is 0. The van der Waals surface area contributed by atoms with Crippen molar-refractivity contribution in [3.8, 4) is 0 Å². The molecule has 0 aromatic heterocycles. The zero-order valence-corrected chi connectivity index (χ0v) is 3.65. The average Bonchev–Trinajstić information content (AvgIpc) is 2.15. The van der Waals surface area contributed by atoms with Crippen LogP contribution in [-0.2, 0) is 0 Å². The van der Waals surface area contributed by atoms with E-state index in [-0.39, 0.29) is 6.52 Å². The number of hydrogen-bond donors (Lipinski definition) is 1. The average molecular weight is 84.1 g/mol. The maximum Gasteiger partial charge on any atom is 0.0428 e. The van der Waals surface area contributed by atoms with Crippen molar-refractivity contribution in [1.82, 2.24) is 5.32 Å². The largest absolute Gasteiger partial charge is 0.314 e. The van der Waals surface area contributed by atoms with Gasteiger partial charge in [0, 0.05) is 7.41 Å². The van der Waals surface area contributed by atoms with Crippen LogP contribution >= 0.6 is 0 Å². The van der Waals surface area contributed by atoms with Gasteiger partial charge in [0.25, 0.3) is 0 Å². The minimum absolute atomic E-state index is 0.0729. The van der Waals surface area contributed by atoms with Crippen LogP contribution in [0.15, 0.2) is 0 Å². The molecule has 0 bridgehead atoms. The van der Waals surface area contributed by atoms with Gasteiger partial charge in [-0.25, -0.2) is 0 Å². The molecule has 1 aliphatic carbocycles. The normalized spacial score (nSPS) is 66.7. The fraction of sp³-hybridized carbons (Fsp3) is 1.00. The van der Waals surface area contributed by atoms with E-state index in [1.54, 1.807) is 0 Å². The molecule has 1 N–H and O–H groups in total. The molecule has 1 nitrogen and oxygen atoms in total. The number of hydrogen-bond acceptors (Lipinski definition) is 1. The Bertz CT molecular complexity index is 84.1. The third kappa shape index (κ3) is 0.243. The van der Waals surface area contributed by atoms with Crippen molar-refractivity contribution >= 4 is 0 Å². The number of fused-ring (bicyclic) bond motifs is 1. The van der Waals surface area contributed by atoms with Gasteiger partial charge < -0.3 is 5.32 Å². The molecule has 0 spiro atoms. The van der Waals surface area contributed by atoms with Gasteiger partial charge in [-0.05, 0) is 25.3 Å². The van der Waals surface area contributed by atoms with E-state index in [0.717, 1.165) is 18.4 Å². The Morgan fingerprint density at radius 1 is 1.83 bits per heavy atom. The zero-order chi connectivity index (χ0) is 4.85. The SMILES string of the molecule is [2H]C1CC2CC2N1. The highest BCUT2D eigenvalue weighted by atomic mass is 15.0. The predicted molar refractivity (Wildman–Crippen MR) is 24.5 cm³/mol. The standard InChI is InChI=1S/C5H9N/c1-2-6-5-3-4(1)5/h4-6H,1-3H2/i2D. The van der Waals surface area contributed by atoms with Gasteiger partial charge in [-0.2, -0.15) is 0 Å². The Hall–Kier alpha value is -0.0400. The van der Waals surface area contributed by atoms with Crippen molar-refractivity contribution in [3.63, 3.8) is 0 Å². The molecule has 1 heteroatoms. The van der Waals surface area contributed by atoms with Gasteiger partial charge in [0.05, 0.1) is 0 Å². The van der Waals surface area contributed by atoms with Crippen molar-refractivity contribution in [1.29, 1.82) is 0 Å². The third-order valence-electron chi connectivity index (χ3n) is 1.68. The van der Waals surface area contributed by atoms with Crippen LogP contribution in [0.3, 0.4) is 0 Å². The van der Waals surface area contributed by atoms with Gasteiger partial charge in [0.15, 0.2) is 0 Å². The van der Waals surface area contributed by atoms with Crippen LogP contribution in [0, 0.1) is 5.92 Å². The fourth-order valence-electron chi connectivity index (χ4n) is 1.08. The summed E-state index contributed by atoms with van der Waals surface area (Å²) in [5.41, 5.74) is 0. The van der Waals surface area contributed by atoms with E-state index in [1.165, 1.54) is 6.42 Å². The van der Waals surface area contributed by atoms with Crippen LogP contribution in [0.25, 0.3) is 0 Å². The van der Waals surface area contributed by atoms with Gasteiger partial charge in [-0.3, -0.25) is 0 Å². The van der Waals surface area contributed by atoms with Crippen LogP contribution in [0.1, 0.15) is 14.2 Å². The minimum Gasteiger partial charge on any atom is -0.314 e. The van der Waals surface area contributed by atoms with Gasteiger partial charge in [-0.15, -0.1) is 0 Å². The first-order valence-corrected chi connectivity index (χ1v) is 2.54. The Labute approximate surface area is 39.1 Å². The summed E-state index contributed by atoms with van der Waals surface area (Å²) >= 11 is 0. The fourth-order valence-corrected chi connectivity index (χ4v) is 1.08. The molecule has 6 heavy (non-hydrogen) atoms. The summed E-state index contributed by atoms with van der Waals surface area (Å²) < 4.78 is 7.18. The molecule has 3 atom stereocenters. The van der Waals surface area contributed by atoms with Crippen molar-refractivity contribution in [2.45, 2.75) is 18.9 Å². The summed E-state index contributed by atoms with van der Waals surface area (Å²) in [6.45, 7) is 0.0729. The van der Waals surface area contributed by atoms with E-state index in [0.29, 0.717) is 0 Å². The third-order valence-corrected chi connectivity index (χ3v) is 1.68. The molecule has 3 unspecified atom stereocenters. The van der Waals surface area contributed by atoms with Gasteiger partial charge in [0.1, 0.15) is 0 Å². The summed E-state index contributed by atoms with van der Waals surface area (Å²) in [6, 6.07) is 0.752. The van der Waals surface area contributed by atoms with Crippen LogP contribution < -0.4 is 5.32 Å². The molecule has 0 amide bonds. The van der Waals surface area contributed by atoms with Crippen LogP contribution in [0.5, 0.6) is 0 Å². The Morgan fingerprint density at radius 3 is 3.17 bits per heavy atom. The molecule has 1 saturated heterocycles. The van der Waals surface area contributed by atoms with Crippen molar-refractivity contribution in [3.05, 3.63) is 0 Å². The molecule has 0 aromatic carbocycles. The molecule has 1 saturated carbocycles. The highest BCUT2D eigenvalue weighted by molar-refractivity contribution is 4.98. The monoisotopic (exact) mass is 84.1 g/mol. The van der Waals surface area contributed by atoms with Crippen LogP contribution in [0.4, 0.5) is 0 Å². The van der Waals surface area contributed by atoms with E-state index in [4.69, 9.17) is 1.37 Å². The minimum atomic E-state index is 0.0729.